The first-order chi connectivity index (χ1) is 5.68. The fourth-order valence-corrected chi connectivity index (χ4v) is 1.27. The average molecular weight is 170 g/mol. The van der Waals surface area contributed by atoms with Gasteiger partial charge in [0, 0.05) is 13.5 Å². The average Bonchev–Trinajstić information content (AvgIpc) is 1.94. The van der Waals surface area contributed by atoms with Gasteiger partial charge < -0.3 is 9.47 Å². The lowest BCUT2D eigenvalue weighted by Crippen LogP contribution is -2.45. The van der Waals surface area contributed by atoms with Gasteiger partial charge in [-0.05, 0) is 5.92 Å². The molecule has 1 rings (SSSR count). The molecule has 1 atom stereocenters. The van der Waals surface area contributed by atoms with Crippen LogP contribution >= 0.6 is 0 Å². The van der Waals surface area contributed by atoms with Crippen molar-refractivity contribution < 1.29 is 9.47 Å². The Morgan fingerprint density at radius 3 is 2.58 bits per heavy atom. The van der Waals surface area contributed by atoms with Gasteiger partial charge in [-0.25, -0.2) is 0 Å². The Morgan fingerprint density at radius 2 is 2.25 bits per heavy atom. The monoisotopic (exact) mass is 170 g/mol. The van der Waals surface area contributed by atoms with Gasteiger partial charge in [-0.3, -0.25) is 0 Å². The maximum atomic E-state index is 5.50. The lowest BCUT2D eigenvalue weighted by molar-refractivity contribution is -0.143. The number of hydrogen-bond acceptors (Lipinski definition) is 2. The largest absolute Gasteiger partial charge is 0.381 e. The highest BCUT2D eigenvalue weighted by Gasteiger charge is 2.35. The molecule has 1 unspecified atom stereocenters. The van der Waals surface area contributed by atoms with E-state index in [-0.39, 0.29) is 5.60 Å². The molecule has 1 aliphatic heterocycles. The summed E-state index contributed by atoms with van der Waals surface area (Å²) in [6.45, 7) is 5.87. The normalized spacial score (nSPS) is 29.7. The minimum Gasteiger partial charge on any atom is -0.381 e. The molecule has 1 heterocycles. The van der Waals surface area contributed by atoms with Gasteiger partial charge in [0.25, 0.3) is 0 Å². The Labute approximate surface area is 74.6 Å². The van der Waals surface area contributed by atoms with Crippen molar-refractivity contribution in [3.8, 4) is 0 Å². The molecule has 0 aromatic heterocycles. The number of rotatable bonds is 4. The Balaban J connectivity index is 2.44. The number of allylic oxidation sites excluding steroid dienone is 1. The molecule has 0 N–H and O–H groups in total. The summed E-state index contributed by atoms with van der Waals surface area (Å²) in [6.07, 6.45) is 5.41. The number of hydrogen-bond donors (Lipinski definition) is 0. The Kier molecular flexibility index (Phi) is 3.29. The molecule has 0 radical (unpaired) electrons. The highest BCUT2D eigenvalue weighted by molar-refractivity contribution is 5.07. The molecule has 1 fully saturated rings. The fraction of sp³-hybridized carbons (Fsp3) is 0.800. The molecule has 0 spiro atoms. The zero-order chi connectivity index (χ0) is 9.03. The minimum atomic E-state index is -0.0982. The summed E-state index contributed by atoms with van der Waals surface area (Å²) in [5.41, 5.74) is -0.0982. The molecule has 0 aliphatic carbocycles. The SMILES string of the molecule is COCC1(C=CC(C)C)CCO1. The van der Waals surface area contributed by atoms with E-state index >= 15 is 0 Å². The van der Waals surface area contributed by atoms with Crippen LogP contribution in [0, 0.1) is 5.92 Å². The highest BCUT2D eigenvalue weighted by atomic mass is 16.6. The van der Waals surface area contributed by atoms with Gasteiger partial charge >= 0.3 is 0 Å². The third-order valence-electron chi connectivity index (χ3n) is 2.09. The summed E-state index contributed by atoms with van der Waals surface area (Å²) in [7, 11) is 1.71. The van der Waals surface area contributed by atoms with E-state index in [1.165, 1.54) is 0 Å². The zero-order valence-corrected chi connectivity index (χ0v) is 8.17. The molecule has 2 nitrogen and oxygen atoms in total. The Morgan fingerprint density at radius 1 is 1.58 bits per heavy atom. The minimum absolute atomic E-state index is 0.0982. The number of methoxy groups -OCH3 is 1. The van der Waals surface area contributed by atoms with Crippen LogP contribution in [0.5, 0.6) is 0 Å². The molecular formula is C10H18O2. The first-order valence-electron chi connectivity index (χ1n) is 4.51. The van der Waals surface area contributed by atoms with E-state index in [2.05, 4.69) is 26.0 Å². The molecule has 0 aromatic carbocycles. The molecule has 0 aromatic rings. The third-order valence-corrected chi connectivity index (χ3v) is 2.09. The van der Waals surface area contributed by atoms with Crippen LogP contribution in [-0.4, -0.2) is 25.9 Å². The second-order valence-electron chi connectivity index (χ2n) is 3.70. The molecule has 1 saturated heterocycles. The van der Waals surface area contributed by atoms with Gasteiger partial charge in [0.2, 0.25) is 0 Å². The molecule has 70 valence electrons. The molecular weight excluding hydrogens is 152 g/mol. The van der Waals surface area contributed by atoms with Crippen LogP contribution in [0.15, 0.2) is 12.2 Å². The maximum absolute atomic E-state index is 5.50. The van der Waals surface area contributed by atoms with E-state index < -0.39 is 0 Å². The second kappa shape index (κ2) is 4.06. The van der Waals surface area contributed by atoms with Crippen molar-refractivity contribution in [2.24, 2.45) is 5.92 Å². The first-order valence-corrected chi connectivity index (χ1v) is 4.51. The zero-order valence-electron chi connectivity index (χ0n) is 8.17. The summed E-state index contributed by atoms with van der Waals surface area (Å²) in [5, 5.41) is 0. The summed E-state index contributed by atoms with van der Waals surface area (Å²) in [5.74, 6) is 0.586. The Hall–Kier alpha value is -0.340. The molecule has 0 bridgehead atoms. The molecule has 2 heteroatoms. The lowest BCUT2D eigenvalue weighted by Gasteiger charge is -2.39. The van der Waals surface area contributed by atoms with E-state index in [9.17, 15) is 0 Å². The van der Waals surface area contributed by atoms with E-state index in [1.54, 1.807) is 7.11 Å². The van der Waals surface area contributed by atoms with Crippen LogP contribution in [0.4, 0.5) is 0 Å². The van der Waals surface area contributed by atoms with E-state index in [0.717, 1.165) is 13.0 Å². The van der Waals surface area contributed by atoms with Gasteiger partial charge in [0.1, 0.15) is 5.60 Å². The van der Waals surface area contributed by atoms with Gasteiger partial charge in [0.05, 0.1) is 13.2 Å². The lowest BCUT2D eigenvalue weighted by atomic mass is 9.94. The summed E-state index contributed by atoms with van der Waals surface area (Å²) in [4.78, 5) is 0. The van der Waals surface area contributed by atoms with Crippen molar-refractivity contribution in [3.63, 3.8) is 0 Å². The quantitative estimate of drug-likeness (QED) is 0.601. The predicted octanol–water partition coefficient (Wildman–Crippen LogP) is 2.00. The van der Waals surface area contributed by atoms with Gasteiger partial charge in [-0.1, -0.05) is 26.0 Å². The molecule has 1 aliphatic rings. The molecule has 0 saturated carbocycles. The van der Waals surface area contributed by atoms with Crippen molar-refractivity contribution in [3.05, 3.63) is 12.2 Å². The van der Waals surface area contributed by atoms with Crippen LogP contribution in [0.2, 0.25) is 0 Å². The van der Waals surface area contributed by atoms with Gasteiger partial charge in [-0.15, -0.1) is 0 Å². The summed E-state index contributed by atoms with van der Waals surface area (Å²) in [6, 6.07) is 0. The topological polar surface area (TPSA) is 18.5 Å². The standard InChI is InChI=1S/C10H18O2/c1-9(2)4-5-10(8-11-3)6-7-12-10/h4-5,9H,6-8H2,1-3H3. The van der Waals surface area contributed by atoms with Gasteiger partial charge in [-0.2, -0.15) is 0 Å². The smallest absolute Gasteiger partial charge is 0.112 e. The maximum Gasteiger partial charge on any atom is 0.112 e. The van der Waals surface area contributed by atoms with Crippen molar-refractivity contribution in [2.75, 3.05) is 20.3 Å². The van der Waals surface area contributed by atoms with Crippen molar-refractivity contribution in [1.29, 1.82) is 0 Å². The summed E-state index contributed by atoms with van der Waals surface area (Å²) < 4.78 is 10.6. The second-order valence-corrected chi connectivity index (χ2v) is 3.70. The van der Waals surface area contributed by atoms with E-state index in [0.29, 0.717) is 12.5 Å². The van der Waals surface area contributed by atoms with Crippen LogP contribution in [0.3, 0.4) is 0 Å². The first kappa shape index (κ1) is 9.75. The van der Waals surface area contributed by atoms with Crippen molar-refractivity contribution in [1.82, 2.24) is 0 Å². The number of ether oxygens (including phenoxy) is 2. The Bertz CT molecular complexity index is 157. The predicted molar refractivity (Wildman–Crippen MR) is 49.2 cm³/mol. The van der Waals surface area contributed by atoms with Crippen LogP contribution in [0.1, 0.15) is 20.3 Å². The fourth-order valence-electron chi connectivity index (χ4n) is 1.27. The molecule has 0 amide bonds. The molecule has 12 heavy (non-hydrogen) atoms. The van der Waals surface area contributed by atoms with Crippen LogP contribution in [-0.2, 0) is 9.47 Å². The highest BCUT2D eigenvalue weighted by Crippen LogP contribution is 2.28. The van der Waals surface area contributed by atoms with Crippen LogP contribution < -0.4 is 0 Å². The van der Waals surface area contributed by atoms with Crippen molar-refractivity contribution >= 4 is 0 Å². The van der Waals surface area contributed by atoms with Gasteiger partial charge in [0.15, 0.2) is 0 Å². The summed E-state index contributed by atoms with van der Waals surface area (Å²) >= 11 is 0. The third kappa shape index (κ3) is 2.32. The van der Waals surface area contributed by atoms with Crippen molar-refractivity contribution in [2.45, 2.75) is 25.9 Å². The van der Waals surface area contributed by atoms with E-state index in [4.69, 9.17) is 9.47 Å². The van der Waals surface area contributed by atoms with Crippen LogP contribution in [0.25, 0.3) is 0 Å². The van der Waals surface area contributed by atoms with E-state index in [1.807, 2.05) is 0 Å².